The summed E-state index contributed by atoms with van der Waals surface area (Å²) in [5.41, 5.74) is 1.36. The molecule has 2 aromatic rings. The largest absolute Gasteiger partial charge is 0.490 e. The highest BCUT2D eigenvalue weighted by Gasteiger charge is 2.20. The van der Waals surface area contributed by atoms with E-state index in [4.69, 9.17) is 4.74 Å². The fraction of sp³-hybridized carbons (Fsp3) is 0.353. The van der Waals surface area contributed by atoms with E-state index in [2.05, 4.69) is 9.88 Å². The molecule has 6 heteroatoms. The molecule has 0 amide bonds. The topological polar surface area (TPSA) is 68.5 Å². The molecular weight excluding hydrogens is 294 g/mol. The third-order valence-corrected chi connectivity index (χ3v) is 4.04. The molecule has 1 aromatic heterocycles. The van der Waals surface area contributed by atoms with E-state index in [9.17, 15) is 10.1 Å². The van der Waals surface area contributed by atoms with E-state index in [1.54, 1.807) is 12.1 Å². The molecule has 0 aliphatic carbocycles. The summed E-state index contributed by atoms with van der Waals surface area (Å²) < 4.78 is 5.93. The smallest absolute Gasteiger partial charge is 0.269 e. The first kappa shape index (κ1) is 15.4. The van der Waals surface area contributed by atoms with Crippen molar-refractivity contribution in [1.82, 2.24) is 9.88 Å². The number of hydrogen-bond donors (Lipinski definition) is 0. The lowest BCUT2D eigenvalue weighted by Gasteiger charge is -2.32. The number of nitrogens with zero attached hydrogens (tertiary/aromatic N) is 3. The predicted molar refractivity (Wildman–Crippen MR) is 86.3 cm³/mol. The first-order valence-electron chi connectivity index (χ1n) is 7.73. The van der Waals surface area contributed by atoms with Crippen LogP contribution in [0.15, 0.2) is 48.8 Å². The number of hydrogen-bond acceptors (Lipinski definition) is 5. The second-order valence-corrected chi connectivity index (χ2v) is 5.70. The van der Waals surface area contributed by atoms with Gasteiger partial charge in [-0.2, -0.15) is 0 Å². The monoisotopic (exact) mass is 313 g/mol. The van der Waals surface area contributed by atoms with Crippen molar-refractivity contribution in [3.05, 3.63) is 64.5 Å². The molecule has 0 bridgehead atoms. The number of nitro groups is 1. The normalized spacial score (nSPS) is 16.2. The van der Waals surface area contributed by atoms with Crippen molar-refractivity contribution in [2.45, 2.75) is 25.5 Å². The Balaban J connectivity index is 1.48. The van der Waals surface area contributed by atoms with Crippen molar-refractivity contribution in [1.29, 1.82) is 0 Å². The molecule has 1 saturated heterocycles. The Bertz CT molecular complexity index is 638. The lowest BCUT2D eigenvalue weighted by molar-refractivity contribution is -0.384. The van der Waals surface area contributed by atoms with Crippen LogP contribution in [0.2, 0.25) is 0 Å². The number of ether oxygens (including phenoxy) is 1. The first-order chi connectivity index (χ1) is 11.2. The number of non-ortho nitro benzene ring substituents is 1. The van der Waals surface area contributed by atoms with Crippen LogP contribution in [0, 0.1) is 10.1 Å². The molecule has 23 heavy (non-hydrogen) atoms. The van der Waals surface area contributed by atoms with E-state index in [-0.39, 0.29) is 11.8 Å². The van der Waals surface area contributed by atoms with Crippen LogP contribution in [0.3, 0.4) is 0 Å². The summed E-state index contributed by atoms with van der Waals surface area (Å²) >= 11 is 0. The van der Waals surface area contributed by atoms with E-state index in [1.807, 2.05) is 24.5 Å². The number of likely N-dealkylation sites (tertiary alicyclic amines) is 1. The van der Waals surface area contributed by atoms with Gasteiger partial charge in [-0.15, -0.1) is 0 Å². The maximum absolute atomic E-state index is 10.6. The molecule has 3 rings (SSSR count). The molecule has 1 aromatic carbocycles. The summed E-state index contributed by atoms with van der Waals surface area (Å²) in [6.45, 7) is 2.91. The van der Waals surface area contributed by atoms with Crippen molar-refractivity contribution in [2.24, 2.45) is 0 Å². The van der Waals surface area contributed by atoms with Crippen molar-refractivity contribution >= 4 is 5.69 Å². The molecule has 0 spiro atoms. The fourth-order valence-electron chi connectivity index (χ4n) is 2.77. The molecule has 2 heterocycles. The standard InChI is InChI=1S/C17H19N3O3/c21-20(22)15-1-3-16(4-2-15)23-17-7-11-19(12-8-17)13-14-5-9-18-10-6-14/h1-6,9-10,17H,7-8,11-13H2. The molecule has 1 aliphatic rings. The number of rotatable bonds is 5. The van der Waals surface area contributed by atoms with Crippen LogP contribution in [-0.2, 0) is 6.54 Å². The minimum absolute atomic E-state index is 0.0875. The Hall–Kier alpha value is -2.47. The third kappa shape index (κ3) is 4.26. The SMILES string of the molecule is O=[N+]([O-])c1ccc(OC2CCN(Cc3ccncc3)CC2)cc1. The molecule has 0 radical (unpaired) electrons. The Morgan fingerprint density at radius 1 is 1.13 bits per heavy atom. The summed E-state index contributed by atoms with van der Waals surface area (Å²) in [7, 11) is 0. The van der Waals surface area contributed by atoms with Crippen LogP contribution in [-0.4, -0.2) is 34.0 Å². The lowest BCUT2D eigenvalue weighted by atomic mass is 10.1. The number of nitro benzene ring substituents is 1. The molecule has 0 unspecified atom stereocenters. The van der Waals surface area contributed by atoms with Gasteiger partial charge >= 0.3 is 0 Å². The minimum Gasteiger partial charge on any atom is -0.490 e. The fourth-order valence-corrected chi connectivity index (χ4v) is 2.77. The van der Waals surface area contributed by atoms with Gasteiger partial charge in [-0.1, -0.05) is 0 Å². The molecule has 0 saturated carbocycles. The van der Waals surface area contributed by atoms with Gasteiger partial charge in [0.05, 0.1) is 4.92 Å². The average molecular weight is 313 g/mol. The predicted octanol–water partition coefficient (Wildman–Crippen LogP) is 3.03. The van der Waals surface area contributed by atoms with Crippen molar-refractivity contribution in [3.63, 3.8) is 0 Å². The molecular formula is C17H19N3O3. The number of pyridine rings is 1. The van der Waals surface area contributed by atoms with Crippen LogP contribution in [0.1, 0.15) is 18.4 Å². The quantitative estimate of drug-likeness (QED) is 0.627. The van der Waals surface area contributed by atoms with E-state index in [1.165, 1.54) is 17.7 Å². The van der Waals surface area contributed by atoms with E-state index in [0.29, 0.717) is 5.75 Å². The minimum atomic E-state index is -0.401. The van der Waals surface area contributed by atoms with E-state index in [0.717, 1.165) is 32.5 Å². The maximum atomic E-state index is 10.6. The van der Waals surface area contributed by atoms with Gasteiger partial charge in [-0.25, -0.2) is 0 Å². The summed E-state index contributed by atoms with van der Waals surface area (Å²) in [5.74, 6) is 0.697. The number of aromatic nitrogens is 1. The zero-order valence-corrected chi connectivity index (χ0v) is 12.8. The van der Waals surface area contributed by atoms with E-state index >= 15 is 0 Å². The van der Waals surface area contributed by atoms with Gasteiger partial charge in [-0.3, -0.25) is 20.0 Å². The van der Waals surface area contributed by atoms with Crippen LogP contribution in [0.5, 0.6) is 5.75 Å². The zero-order valence-electron chi connectivity index (χ0n) is 12.8. The molecule has 0 N–H and O–H groups in total. The molecule has 6 nitrogen and oxygen atoms in total. The highest BCUT2D eigenvalue weighted by Crippen LogP contribution is 2.22. The number of benzene rings is 1. The van der Waals surface area contributed by atoms with Crippen LogP contribution >= 0.6 is 0 Å². The van der Waals surface area contributed by atoms with Crippen LogP contribution in [0.4, 0.5) is 5.69 Å². The first-order valence-corrected chi connectivity index (χ1v) is 7.73. The Morgan fingerprint density at radius 3 is 2.39 bits per heavy atom. The third-order valence-electron chi connectivity index (χ3n) is 4.04. The number of piperidine rings is 1. The van der Waals surface area contributed by atoms with Crippen LogP contribution < -0.4 is 4.74 Å². The Morgan fingerprint density at radius 2 is 1.78 bits per heavy atom. The Kier molecular flexibility index (Phi) is 4.83. The van der Waals surface area contributed by atoms with Gasteiger partial charge < -0.3 is 4.74 Å². The highest BCUT2D eigenvalue weighted by molar-refractivity contribution is 5.36. The van der Waals surface area contributed by atoms with Crippen LogP contribution in [0.25, 0.3) is 0 Å². The summed E-state index contributed by atoms with van der Waals surface area (Å²) in [6, 6.07) is 10.4. The summed E-state index contributed by atoms with van der Waals surface area (Å²) in [6.07, 6.45) is 5.73. The maximum Gasteiger partial charge on any atom is 0.269 e. The van der Waals surface area contributed by atoms with Gasteiger partial charge in [0.25, 0.3) is 5.69 Å². The molecule has 1 aliphatic heterocycles. The summed E-state index contributed by atoms with van der Waals surface area (Å²) in [4.78, 5) is 16.7. The van der Waals surface area contributed by atoms with Gasteiger partial charge in [-0.05, 0) is 42.7 Å². The van der Waals surface area contributed by atoms with Gasteiger partial charge in [0, 0.05) is 44.2 Å². The molecule has 1 fully saturated rings. The second kappa shape index (κ2) is 7.19. The lowest BCUT2D eigenvalue weighted by Crippen LogP contribution is -2.37. The molecule has 0 atom stereocenters. The van der Waals surface area contributed by atoms with Crippen molar-refractivity contribution in [3.8, 4) is 5.75 Å². The van der Waals surface area contributed by atoms with Gasteiger partial charge in [0.1, 0.15) is 11.9 Å². The van der Waals surface area contributed by atoms with Gasteiger partial charge in [0.2, 0.25) is 0 Å². The zero-order chi connectivity index (χ0) is 16.1. The average Bonchev–Trinajstić information content (AvgIpc) is 2.58. The van der Waals surface area contributed by atoms with Gasteiger partial charge in [0.15, 0.2) is 0 Å². The Labute approximate surface area is 134 Å². The van der Waals surface area contributed by atoms with Crippen molar-refractivity contribution in [2.75, 3.05) is 13.1 Å². The van der Waals surface area contributed by atoms with Crippen molar-refractivity contribution < 1.29 is 9.66 Å². The highest BCUT2D eigenvalue weighted by atomic mass is 16.6. The van der Waals surface area contributed by atoms with E-state index < -0.39 is 4.92 Å². The molecule has 120 valence electrons. The summed E-state index contributed by atoms with van der Waals surface area (Å²) in [5, 5.41) is 10.6. The second-order valence-electron chi connectivity index (χ2n) is 5.70.